The molecule has 0 radical (unpaired) electrons. The second-order valence-electron chi connectivity index (χ2n) is 3.70. The van der Waals surface area contributed by atoms with Crippen molar-refractivity contribution >= 4 is 17.8 Å². The van der Waals surface area contributed by atoms with E-state index in [1.165, 1.54) is 12.1 Å². The molecule has 1 saturated heterocycles. The minimum absolute atomic E-state index is 0.122. The molecule has 1 atom stereocenters. The lowest BCUT2D eigenvalue weighted by Gasteiger charge is -2.31. The molecule has 2 amide bonds. The quantitative estimate of drug-likeness (QED) is 0.816. The van der Waals surface area contributed by atoms with Crippen LogP contribution in [0.2, 0.25) is 0 Å². The molecule has 3 nitrogen and oxygen atoms in total. The van der Waals surface area contributed by atoms with Gasteiger partial charge in [-0.3, -0.25) is 0 Å². The van der Waals surface area contributed by atoms with Crippen LogP contribution in [0.3, 0.4) is 0 Å². The molecule has 2 N–H and O–H groups in total. The van der Waals surface area contributed by atoms with Crippen molar-refractivity contribution in [2.45, 2.75) is 5.25 Å². The summed E-state index contributed by atoms with van der Waals surface area (Å²) in [4.78, 5) is 12.7. The molecule has 0 aromatic heterocycles. The summed E-state index contributed by atoms with van der Waals surface area (Å²) in [6.45, 7) is 1.23. The summed E-state index contributed by atoms with van der Waals surface area (Å²) >= 11 is 1.73. The van der Waals surface area contributed by atoms with Crippen LogP contribution in [-0.2, 0) is 0 Å². The third-order valence-electron chi connectivity index (χ3n) is 2.60. The molecule has 2 rings (SSSR count). The van der Waals surface area contributed by atoms with Crippen molar-refractivity contribution in [2.75, 3.05) is 18.8 Å². The minimum atomic E-state index is -0.401. The number of primary amides is 1. The topological polar surface area (TPSA) is 46.3 Å². The predicted octanol–water partition coefficient (Wildman–Crippen LogP) is 1.99. The van der Waals surface area contributed by atoms with Crippen molar-refractivity contribution in [1.82, 2.24) is 4.90 Å². The zero-order chi connectivity index (χ0) is 11.5. The fraction of sp³-hybridized carbons (Fsp3) is 0.364. The molecule has 0 bridgehead atoms. The number of nitrogens with zero attached hydrogens (tertiary/aromatic N) is 1. The van der Waals surface area contributed by atoms with Crippen LogP contribution in [0.5, 0.6) is 0 Å². The molecule has 1 heterocycles. The molecule has 1 aliphatic heterocycles. The zero-order valence-electron chi connectivity index (χ0n) is 8.73. The van der Waals surface area contributed by atoms with E-state index < -0.39 is 6.03 Å². The monoisotopic (exact) mass is 240 g/mol. The van der Waals surface area contributed by atoms with Crippen molar-refractivity contribution in [1.29, 1.82) is 0 Å². The molecule has 1 unspecified atom stereocenters. The first kappa shape index (κ1) is 11.3. The van der Waals surface area contributed by atoms with E-state index in [2.05, 4.69) is 0 Å². The molecule has 1 aromatic rings. The number of carbonyl (C=O) groups is 1. The van der Waals surface area contributed by atoms with Gasteiger partial charge in [0.1, 0.15) is 5.82 Å². The maximum Gasteiger partial charge on any atom is 0.314 e. The van der Waals surface area contributed by atoms with Gasteiger partial charge >= 0.3 is 6.03 Å². The molecule has 5 heteroatoms. The maximum absolute atomic E-state index is 13.1. The number of hydrogen-bond acceptors (Lipinski definition) is 2. The Labute approximate surface area is 97.8 Å². The van der Waals surface area contributed by atoms with E-state index in [4.69, 9.17) is 5.73 Å². The minimum Gasteiger partial charge on any atom is -0.351 e. The predicted molar refractivity (Wildman–Crippen MR) is 62.8 cm³/mol. The first-order chi connectivity index (χ1) is 7.66. The standard InChI is InChI=1S/C11H13FN2OS/c12-9-3-1-2-8(6-9)10-7-14(11(13)15)4-5-16-10/h1-3,6,10H,4-5,7H2,(H2,13,15). The van der Waals surface area contributed by atoms with Crippen LogP contribution < -0.4 is 5.73 Å². The molecule has 86 valence electrons. The number of urea groups is 1. The first-order valence-corrected chi connectivity index (χ1v) is 6.13. The molecular formula is C11H13FN2OS. The lowest BCUT2D eigenvalue weighted by molar-refractivity contribution is 0.209. The third-order valence-corrected chi connectivity index (χ3v) is 3.84. The average Bonchev–Trinajstić information content (AvgIpc) is 2.29. The van der Waals surface area contributed by atoms with Crippen molar-refractivity contribution in [3.63, 3.8) is 0 Å². The number of carbonyl (C=O) groups excluding carboxylic acids is 1. The molecule has 0 spiro atoms. The zero-order valence-corrected chi connectivity index (χ0v) is 9.54. The Kier molecular flexibility index (Phi) is 3.33. The Balaban J connectivity index is 2.12. The summed E-state index contributed by atoms with van der Waals surface area (Å²) < 4.78 is 13.1. The van der Waals surface area contributed by atoms with Crippen molar-refractivity contribution in [3.8, 4) is 0 Å². The fourth-order valence-electron chi connectivity index (χ4n) is 1.76. The Morgan fingerprint density at radius 2 is 2.38 bits per heavy atom. The normalized spacial score (nSPS) is 20.8. The Bertz CT molecular complexity index is 399. The second kappa shape index (κ2) is 4.74. The maximum atomic E-state index is 13.1. The molecule has 1 aromatic carbocycles. The number of amides is 2. The van der Waals surface area contributed by atoms with Crippen LogP contribution in [0.4, 0.5) is 9.18 Å². The largest absolute Gasteiger partial charge is 0.351 e. The van der Waals surface area contributed by atoms with Gasteiger partial charge in [-0.05, 0) is 17.7 Å². The number of rotatable bonds is 1. The van der Waals surface area contributed by atoms with Crippen LogP contribution in [0.25, 0.3) is 0 Å². The summed E-state index contributed by atoms with van der Waals surface area (Å²) in [7, 11) is 0. The highest BCUT2D eigenvalue weighted by Crippen LogP contribution is 2.33. The SMILES string of the molecule is NC(=O)N1CCSC(c2cccc(F)c2)C1. The Morgan fingerprint density at radius 3 is 3.06 bits per heavy atom. The number of nitrogens with two attached hydrogens (primary N) is 1. The molecular weight excluding hydrogens is 227 g/mol. The van der Waals surface area contributed by atoms with Gasteiger partial charge in [-0.2, -0.15) is 11.8 Å². The van der Waals surface area contributed by atoms with Crippen molar-refractivity contribution < 1.29 is 9.18 Å². The van der Waals surface area contributed by atoms with E-state index in [0.29, 0.717) is 13.1 Å². The van der Waals surface area contributed by atoms with Gasteiger partial charge in [-0.25, -0.2) is 9.18 Å². The Hall–Kier alpha value is -1.23. The lowest BCUT2D eigenvalue weighted by Crippen LogP contribution is -2.42. The Morgan fingerprint density at radius 1 is 1.56 bits per heavy atom. The van der Waals surface area contributed by atoms with Crippen molar-refractivity contribution in [2.24, 2.45) is 5.73 Å². The van der Waals surface area contributed by atoms with Crippen LogP contribution in [0, 0.1) is 5.82 Å². The van der Waals surface area contributed by atoms with Gasteiger partial charge in [-0.1, -0.05) is 12.1 Å². The van der Waals surface area contributed by atoms with E-state index in [1.807, 2.05) is 6.07 Å². The molecule has 1 fully saturated rings. The lowest BCUT2D eigenvalue weighted by atomic mass is 10.1. The van der Waals surface area contributed by atoms with Crippen LogP contribution >= 0.6 is 11.8 Å². The smallest absolute Gasteiger partial charge is 0.314 e. The summed E-state index contributed by atoms with van der Waals surface area (Å²) in [5.41, 5.74) is 6.15. The van der Waals surface area contributed by atoms with Crippen LogP contribution in [-0.4, -0.2) is 29.8 Å². The number of halogens is 1. The van der Waals surface area contributed by atoms with E-state index in [1.54, 1.807) is 22.7 Å². The third kappa shape index (κ3) is 2.47. The highest BCUT2D eigenvalue weighted by atomic mass is 32.2. The van der Waals surface area contributed by atoms with Crippen molar-refractivity contribution in [3.05, 3.63) is 35.6 Å². The van der Waals surface area contributed by atoms with E-state index in [0.717, 1.165) is 11.3 Å². The molecule has 0 saturated carbocycles. The number of hydrogen-bond donors (Lipinski definition) is 1. The summed E-state index contributed by atoms with van der Waals surface area (Å²) in [6, 6.07) is 6.10. The van der Waals surface area contributed by atoms with Gasteiger partial charge in [0, 0.05) is 24.1 Å². The van der Waals surface area contributed by atoms with Gasteiger partial charge in [0.15, 0.2) is 0 Å². The van der Waals surface area contributed by atoms with Gasteiger partial charge in [0.05, 0.1) is 0 Å². The summed E-state index contributed by atoms with van der Waals surface area (Å²) in [6.07, 6.45) is 0. The van der Waals surface area contributed by atoms with Gasteiger partial charge < -0.3 is 10.6 Å². The highest BCUT2D eigenvalue weighted by molar-refractivity contribution is 7.99. The first-order valence-electron chi connectivity index (χ1n) is 5.08. The van der Waals surface area contributed by atoms with Crippen LogP contribution in [0.15, 0.2) is 24.3 Å². The second-order valence-corrected chi connectivity index (χ2v) is 5.01. The highest BCUT2D eigenvalue weighted by Gasteiger charge is 2.23. The molecule has 1 aliphatic rings. The van der Waals surface area contributed by atoms with Crippen LogP contribution in [0.1, 0.15) is 10.8 Å². The van der Waals surface area contributed by atoms with E-state index in [-0.39, 0.29) is 11.1 Å². The van der Waals surface area contributed by atoms with Gasteiger partial charge in [-0.15, -0.1) is 0 Å². The summed E-state index contributed by atoms with van der Waals surface area (Å²) in [5.74, 6) is 0.596. The van der Waals surface area contributed by atoms with E-state index in [9.17, 15) is 9.18 Å². The summed E-state index contributed by atoms with van der Waals surface area (Å²) in [5, 5.41) is 0.122. The molecule has 0 aliphatic carbocycles. The van der Waals surface area contributed by atoms with Gasteiger partial charge in [0.25, 0.3) is 0 Å². The van der Waals surface area contributed by atoms with Gasteiger partial charge in [0.2, 0.25) is 0 Å². The fourth-order valence-corrected chi connectivity index (χ4v) is 2.99. The number of benzene rings is 1. The average molecular weight is 240 g/mol. The van der Waals surface area contributed by atoms with E-state index >= 15 is 0 Å². The number of thioether (sulfide) groups is 1. The molecule has 16 heavy (non-hydrogen) atoms.